The number of aromatic nitrogens is 1. The smallest absolute Gasteiger partial charge is 0.305 e. The quantitative estimate of drug-likeness (QED) is 0.580. The number of benzene rings is 2. The van der Waals surface area contributed by atoms with Gasteiger partial charge in [0.2, 0.25) is 0 Å². The van der Waals surface area contributed by atoms with E-state index < -0.39 is 17.5 Å². The number of fused-ring (bicyclic) bond motifs is 2. The number of aliphatic hydroxyl groups is 2. The van der Waals surface area contributed by atoms with Crippen LogP contribution in [0.25, 0.3) is 10.2 Å². The van der Waals surface area contributed by atoms with E-state index in [-0.39, 0.29) is 22.6 Å². The van der Waals surface area contributed by atoms with E-state index in [0.717, 1.165) is 27.1 Å². The second-order valence-corrected chi connectivity index (χ2v) is 9.41. The number of nitrogens with one attached hydrogen (secondary N) is 1. The minimum absolute atomic E-state index is 0.0267. The highest BCUT2D eigenvalue weighted by Crippen LogP contribution is 2.43. The summed E-state index contributed by atoms with van der Waals surface area (Å²) in [7, 11) is 0. The molecule has 1 saturated carbocycles. The maximum Gasteiger partial charge on any atom is 0.305 e. The average Bonchev–Trinajstić information content (AvgIpc) is 3.30. The van der Waals surface area contributed by atoms with Crippen molar-refractivity contribution < 1.29 is 19.3 Å². The number of likely N-dealkylation sites (tertiary alicyclic amines) is 1. The summed E-state index contributed by atoms with van der Waals surface area (Å²) in [5.41, 5.74) is 0.633. The fourth-order valence-corrected chi connectivity index (χ4v) is 5.64. The Balaban J connectivity index is 1.22. The number of hydrogen-bond donors (Lipinski definition) is 3. The molecule has 4 atom stereocenters. The molecule has 1 saturated heterocycles. The topological polar surface area (TPSA) is 85.8 Å². The van der Waals surface area contributed by atoms with Gasteiger partial charge in [-0.05, 0) is 36.2 Å². The third-order valence-electron chi connectivity index (χ3n) is 6.26. The number of para-hydroxylation sites is 1. The van der Waals surface area contributed by atoms with E-state index >= 15 is 0 Å². The SMILES string of the molecule is O=c1[nH]c2ccc(C(O)CN3C[C@H]4C[C@H](Oc5ccccc5F)C[C@@]4(O)C3)cc2s1. The van der Waals surface area contributed by atoms with E-state index in [0.29, 0.717) is 32.5 Å². The summed E-state index contributed by atoms with van der Waals surface area (Å²) in [6.07, 6.45) is 0.171. The molecule has 0 spiro atoms. The summed E-state index contributed by atoms with van der Waals surface area (Å²) in [6.45, 7) is 1.51. The van der Waals surface area contributed by atoms with Crippen molar-refractivity contribution in [2.45, 2.75) is 30.7 Å². The van der Waals surface area contributed by atoms with Crippen molar-refractivity contribution in [3.05, 3.63) is 63.5 Å². The number of aromatic amines is 1. The van der Waals surface area contributed by atoms with Crippen molar-refractivity contribution in [1.29, 1.82) is 0 Å². The Hall–Kier alpha value is -2.26. The third-order valence-corrected chi connectivity index (χ3v) is 7.10. The van der Waals surface area contributed by atoms with Crippen LogP contribution in [-0.2, 0) is 0 Å². The first-order valence-electron chi connectivity index (χ1n) is 10.1. The highest BCUT2D eigenvalue weighted by molar-refractivity contribution is 7.16. The van der Waals surface area contributed by atoms with Crippen LogP contribution in [0.5, 0.6) is 5.75 Å². The fourth-order valence-electron chi connectivity index (χ4n) is 4.85. The lowest BCUT2D eigenvalue weighted by atomic mass is 9.95. The van der Waals surface area contributed by atoms with Gasteiger partial charge in [-0.2, -0.15) is 0 Å². The number of β-amino-alcohol motifs (C(OH)–C–C–N with tert-alkyl or cyclic N) is 2. The van der Waals surface area contributed by atoms with Crippen molar-refractivity contribution >= 4 is 21.6 Å². The van der Waals surface area contributed by atoms with Crippen LogP contribution in [0, 0.1) is 11.7 Å². The predicted molar refractivity (Wildman–Crippen MR) is 112 cm³/mol. The van der Waals surface area contributed by atoms with Crippen LogP contribution in [0.3, 0.4) is 0 Å². The monoisotopic (exact) mass is 430 g/mol. The number of thiazole rings is 1. The van der Waals surface area contributed by atoms with Crippen LogP contribution in [0.2, 0.25) is 0 Å². The summed E-state index contributed by atoms with van der Waals surface area (Å²) in [5, 5.41) is 21.8. The Morgan fingerprint density at radius 3 is 2.97 bits per heavy atom. The summed E-state index contributed by atoms with van der Waals surface area (Å²) in [4.78, 5) is 16.2. The maximum absolute atomic E-state index is 13.9. The lowest BCUT2D eigenvalue weighted by molar-refractivity contribution is 0.0176. The van der Waals surface area contributed by atoms with Gasteiger partial charge < -0.3 is 19.9 Å². The van der Waals surface area contributed by atoms with Crippen LogP contribution < -0.4 is 9.61 Å². The van der Waals surface area contributed by atoms with Crippen molar-refractivity contribution in [3.63, 3.8) is 0 Å². The second kappa shape index (κ2) is 7.46. The summed E-state index contributed by atoms with van der Waals surface area (Å²) in [5.74, 6) is -0.143. The molecule has 2 aliphatic rings. The zero-order valence-corrected chi connectivity index (χ0v) is 17.1. The number of nitrogens with zero attached hydrogens (tertiary/aromatic N) is 1. The van der Waals surface area contributed by atoms with E-state index in [2.05, 4.69) is 9.88 Å². The molecule has 3 aromatic rings. The van der Waals surface area contributed by atoms with Crippen molar-refractivity contribution in [1.82, 2.24) is 9.88 Å². The van der Waals surface area contributed by atoms with Crippen LogP contribution in [-0.4, -0.2) is 51.4 Å². The molecule has 0 bridgehead atoms. The largest absolute Gasteiger partial charge is 0.487 e. The number of rotatable bonds is 5. The average molecular weight is 431 g/mol. The second-order valence-electron chi connectivity index (χ2n) is 8.39. The lowest BCUT2D eigenvalue weighted by Crippen LogP contribution is -2.36. The Bertz CT molecular complexity index is 1130. The van der Waals surface area contributed by atoms with Gasteiger partial charge in [0.05, 0.1) is 21.9 Å². The summed E-state index contributed by atoms with van der Waals surface area (Å²) >= 11 is 1.12. The molecule has 2 fully saturated rings. The van der Waals surface area contributed by atoms with Crippen molar-refractivity contribution in [2.24, 2.45) is 5.92 Å². The number of hydrogen-bond acceptors (Lipinski definition) is 6. The Morgan fingerprint density at radius 2 is 2.17 bits per heavy atom. The van der Waals surface area contributed by atoms with Gasteiger partial charge in [-0.1, -0.05) is 29.5 Å². The number of H-pyrrole nitrogens is 1. The normalized spacial score (nSPS) is 27.4. The standard InChI is InChI=1S/C22H23FN2O4S/c23-16-3-1-2-4-19(16)29-15-8-14-10-25(12-22(14,28)9-15)11-18(26)13-5-6-17-20(7-13)30-21(27)24-17/h1-7,14-15,18,26,28H,8-12H2,(H,24,27)/t14-,15+,18?,22-/m1/s1. The molecule has 5 rings (SSSR count). The Morgan fingerprint density at radius 1 is 1.33 bits per heavy atom. The van der Waals surface area contributed by atoms with E-state index in [9.17, 15) is 19.4 Å². The molecule has 0 radical (unpaired) electrons. The van der Waals surface area contributed by atoms with E-state index in [1.807, 2.05) is 18.2 Å². The Labute approximate surface area is 176 Å². The Kier molecular flexibility index (Phi) is 4.89. The van der Waals surface area contributed by atoms with Crippen LogP contribution >= 0.6 is 11.3 Å². The number of halogens is 1. The van der Waals surface area contributed by atoms with Gasteiger partial charge in [-0.15, -0.1) is 0 Å². The maximum atomic E-state index is 13.9. The van der Waals surface area contributed by atoms with Gasteiger partial charge in [-0.25, -0.2) is 4.39 Å². The zero-order valence-electron chi connectivity index (χ0n) is 16.3. The van der Waals surface area contributed by atoms with E-state index in [1.165, 1.54) is 6.07 Å². The molecule has 3 N–H and O–H groups in total. The van der Waals surface area contributed by atoms with E-state index in [4.69, 9.17) is 4.74 Å². The minimum atomic E-state index is -0.889. The molecule has 0 amide bonds. The van der Waals surface area contributed by atoms with Crippen molar-refractivity contribution in [3.8, 4) is 5.75 Å². The lowest BCUT2D eigenvalue weighted by Gasteiger charge is -2.25. The van der Waals surface area contributed by atoms with Crippen LogP contribution in [0.1, 0.15) is 24.5 Å². The van der Waals surface area contributed by atoms with Gasteiger partial charge in [0, 0.05) is 32.0 Å². The molecular formula is C22H23FN2O4S. The molecule has 1 unspecified atom stereocenters. The molecule has 30 heavy (non-hydrogen) atoms. The van der Waals surface area contributed by atoms with Crippen LogP contribution in [0.4, 0.5) is 4.39 Å². The molecule has 1 aliphatic heterocycles. The molecular weight excluding hydrogens is 407 g/mol. The molecule has 6 nitrogen and oxygen atoms in total. The van der Waals surface area contributed by atoms with Gasteiger partial charge in [0.15, 0.2) is 11.6 Å². The predicted octanol–water partition coefficient (Wildman–Crippen LogP) is 2.67. The summed E-state index contributed by atoms with van der Waals surface area (Å²) < 4.78 is 20.5. The number of aliphatic hydroxyl groups excluding tert-OH is 1. The summed E-state index contributed by atoms with van der Waals surface area (Å²) in [6, 6.07) is 11.8. The highest BCUT2D eigenvalue weighted by Gasteiger charge is 2.52. The van der Waals surface area contributed by atoms with Gasteiger partial charge in [-0.3, -0.25) is 9.69 Å². The molecule has 1 aromatic heterocycles. The molecule has 8 heteroatoms. The minimum Gasteiger partial charge on any atom is -0.487 e. The van der Waals surface area contributed by atoms with Gasteiger partial charge in [0.1, 0.15) is 6.10 Å². The first kappa shape index (κ1) is 19.7. The molecule has 2 aromatic carbocycles. The van der Waals surface area contributed by atoms with E-state index in [1.54, 1.807) is 18.2 Å². The zero-order chi connectivity index (χ0) is 20.9. The van der Waals surface area contributed by atoms with Gasteiger partial charge >= 0.3 is 4.87 Å². The van der Waals surface area contributed by atoms with Crippen LogP contribution in [0.15, 0.2) is 47.3 Å². The van der Waals surface area contributed by atoms with Crippen molar-refractivity contribution in [2.75, 3.05) is 19.6 Å². The third kappa shape index (κ3) is 3.65. The first-order valence-corrected chi connectivity index (χ1v) is 10.9. The first-order chi connectivity index (χ1) is 14.4. The number of ether oxygens (including phenoxy) is 1. The molecule has 1 aliphatic carbocycles. The highest BCUT2D eigenvalue weighted by atomic mass is 32.1. The fraction of sp³-hybridized carbons (Fsp3) is 0.409. The van der Waals surface area contributed by atoms with Gasteiger partial charge in [0.25, 0.3) is 0 Å². The molecule has 2 heterocycles. The molecule has 158 valence electrons.